The highest BCUT2D eigenvalue weighted by Crippen LogP contribution is 2.46. The molecule has 740 valence electrons. The molecule has 0 spiro atoms. The van der Waals surface area contributed by atoms with Crippen molar-refractivity contribution in [3.05, 3.63) is 150 Å². The van der Waals surface area contributed by atoms with Crippen LogP contribution in [0.5, 0.6) is 0 Å². The van der Waals surface area contributed by atoms with Crippen molar-refractivity contribution >= 4 is 102 Å². The van der Waals surface area contributed by atoms with E-state index in [1.807, 2.05) is 45.0 Å². The first-order valence-electron chi connectivity index (χ1n) is 55.1. The minimum absolute atomic E-state index is 0.0763. The van der Waals surface area contributed by atoms with Crippen molar-refractivity contribution in [2.75, 3.05) is 19.6 Å². The lowest BCUT2D eigenvalue weighted by Gasteiger charge is -2.23. The van der Waals surface area contributed by atoms with Crippen LogP contribution in [0.25, 0.3) is 50.5 Å². The van der Waals surface area contributed by atoms with Gasteiger partial charge in [0.25, 0.3) is 35.4 Å². The number of rotatable bonds is 70. The standard InChI is InChI=1S/C42H61NO2S2.C40H59NO2S2.C38H59NO2S/c1-5-7-9-11-13-15-16-18-20-22-24-34(23-21-19-17-14-12-10-8-6-2)31-43-41(44)39-32(3)25-27-35(40(39)42(43)45)36-29-30-38(47-36)37-28-26-33(4)46-37;1-5-7-9-11-13-15-16-18-20-22-24-32(23-21-19-17-14-12-10-8-6-2)29-41-39(42)37-30(3)25-26-33(38(37)40(41)43)34-28-36-35(45-34)27-31(4)44-36;1-5-7-9-11-13-15-16-18-20-22-24-32(23-21-19-17-14-12-10-8-6-2)29-39-37(40)35-30(3)25-27-33(36(35)38(39)41)34-28-26-31(4)42-34/h25-30,34H,5-24,31H2,1-4H3;25-28,32H,5-24,29H2,1-4H3;25-28,32H,5-24,29H2,1-4H3. The predicted molar refractivity (Wildman–Crippen MR) is 584 cm³/mol. The number of aryl methyl sites for hydroxylation is 6. The van der Waals surface area contributed by atoms with E-state index in [9.17, 15) is 28.8 Å². The molecule has 0 fully saturated rings. The molecule has 8 aromatic rings. The van der Waals surface area contributed by atoms with Gasteiger partial charge in [-0.25, -0.2) is 0 Å². The van der Waals surface area contributed by atoms with E-state index in [0.717, 1.165) is 86.5 Å². The first kappa shape index (κ1) is 111. The van der Waals surface area contributed by atoms with E-state index in [4.69, 9.17) is 0 Å². The van der Waals surface area contributed by atoms with E-state index in [-0.39, 0.29) is 35.4 Å². The highest BCUT2D eigenvalue weighted by Gasteiger charge is 2.43. The van der Waals surface area contributed by atoms with Crippen molar-refractivity contribution in [1.82, 2.24) is 14.7 Å². The zero-order chi connectivity index (χ0) is 95.6. The minimum Gasteiger partial charge on any atom is -0.274 e. The van der Waals surface area contributed by atoms with Crippen LogP contribution in [-0.2, 0) is 0 Å². The van der Waals surface area contributed by atoms with Crippen LogP contribution >= 0.6 is 56.7 Å². The molecular formula is C120H179N3O6S5. The first-order valence-corrected chi connectivity index (χ1v) is 59.2. The van der Waals surface area contributed by atoms with Crippen LogP contribution < -0.4 is 0 Å². The molecule has 0 N–H and O–H groups in total. The van der Waals surface area contributed by atoms with E-state index in [2.05, 4.69) is 123 Å². The molecule has 0 radical (unpaired) electrons. The van der Waals surface area contributed by atoms with Gasteiger partial charge < -0.3 is 0 Å². The number of nitrogens with zero attached hydrogens (tertiary/aromatic N) is 3. The van der Waals surface area contributed by atoms with Gasteiger partial charge in [0.2, 0.25) is 0 Å². The summed E-state index contributed by atoms with van der Waals surface area (Å²) in [5.74, 6) is 0.682. The summed E-state index contributed by atoms with van der Waals surface area (Å²) in [5, 5.41) is 0. The maximum atomic E-state index is 14.1. The Labute approximate surface area is 835 Å². The molecule has 5 aromatic heterocycles. The van der Waals surface area contributed by atoms with Crippen molar-refractivity contribution < 1.29 is 28.8 Å². The number of thiophene rings is 5. The Balaban J connectivity index is 0.000000226. The van der Waals surface area contributed by atoms with Crippen molar-refractivity contribution in [2.24, 2.45) is 17.8 Å². The fourth-order valence-electron chi connectivity index (χ4n) is 20.9. The van der Waals surface area contributed by atoms with Crippen LogP contribution in [0.4, 0.5) is 0 Å². The molecule has 8 heterocycles. The number of unbranched alkanes of at least 4 members (excludes halogenated alkanes) is 48. The zero-order valence-electron chi connectivity index (χ0n) is 86.2. The maximum absolute atomic E-state index is 14.1. The van der Waals surface area contributed by atoms with E-state index in [0.29, 0.717) is 70.8 Å². The number of carbonyl (C=O) groups is 6. The number of imide groups is 3. The van der Waals surface area contributed by atoms with Crippen LogP contribution in [-0.4, -0.2) is 69.8 Å². The average molecular weight is 1920 g/mol. The third kappa shape index (κ3) is 35.9. The van der Waals surface area contributed by atoms with Gasteiger partial charge in [0.05, 0.1) is 33.4 Å². The van der Waals surface area contributed by atoms with E-state index in [1.54, 1.807) is 71.4 Å². The van der Waals surface area contributed by atoms with Crippen LogP contribution in [0.2, 0.25) is 0 Å². The molecule has 3 aliphatic heterocycles. The summed E-state index contributed by atoms with van der Waals surface area (Å²) in [4.78, 5) is 97.9. The van der Waals surface area contributed by atoms with Crippen molar-refractivity contribution in [3.63, 3.8) is 0 Å². The molecule has 0 aliphatic carbocycles. The van der Waals surface area contributed by atoms with Gasteiger partial charge in [-0.1, -0.05) is 425 Å². The first-order chi connectivity index (χ1) is 65.4. The molecule has 11 rings (SSSR count). The summed E-state index contributed by atoms with van der Waals surface area (Å²) in [6, 6.07) is 29.4. The lowest BCUT2D eigenvalue weighted by Crippen LogP contribution is -2.34. The Morgan fingerprint density at radius 2 is 0.418 bits per heavy atom. The highest BCUT2D eigenvalue weighted by molar-refractivity contribution is 7.29. The van der Waals surface area contributed by atoms with Crippen molar-refractivity contribution in [1.29, 1.82) is 0 Å². The molecule has 0 saturated heterocycles. The van der Waals surface area contributed by atoms with Crippen molar-refractivity contribution in [2.45, 2.75) is 468 Å². The largest absolute Gasteiger partial charge is 0.274 e. The molecule has 6 amide bonds. The topological polar surface area (TPSA) is 112 Å². The summed E-state index contributed by atoms with van der Waals surface area (Å²) >= 11 is 8.74. The van der Waals surface area contributed by atoms with Crippen LogP contribution in [0, 0.1) is 59.3 Å². The Kier molecular flexibility index (Phi) is 52.8. The summed E-state index contributed by atoms with van der Waals surface area (Å²) in [7, 11) is 0. The fourth-order valence-corrected chi connectivity index (χ4v) is 26.1. The minimum atomic E-state index is -0.0883. The molecule has 3 aliphatic rings. The molecule has 3 aromatic carbocycles. The molecule has 0 bridgehead atoms. The Morgan fingerprint density at radius 1 is 0.201 bits per heavy atom. The van der Waals surface area contributed by atoms with Gasteiger partial charge in [-0.3, -0.25) is 43.5 Å². The van der Waals surface area contributed by atoms with E-state index < -0.39 is 0 Å². The fraction of sp³-hybridized carbons (Fsp3) is 0.650. The van der Waals surface area contributed by atoms with E-state index >= 15 is 0 Å². The molecule has 9 nitrogen and oxygen atoms in total. The number of benzene rings is 3. The molecule has 134 heavy (non-hydrogen) atoms. The third-order valence-corrected chi connectivity index (χ3v) is 34.7. The van der Waals surface area contributed by atoms with Crippen LogP contribution in [0.3, 0.4) is 0 Å². The number of hydrogen-bond donors (Lipinski definition) is 0. The highest BCUT2D eigenvalue weighted by atomic mass is 32.1. The Morgan fingerprint density at radius 3 is 0.679 bits per heavy atom. The second kappa shape index (κ2) is 63.5. The second-order valence-electron chi connectivity index (χ2n) is 40.7. The molecular weight excluding hydrogens is 1740 g/mol. The zero-order valence-corrected chi connectivity index (χ0v) is 90.3. The molecule has 3 atom stereocenters. The lowest BCUT2D eigenvalue weighted by molar-refractivity contribution is 0.0607. The monoisotopic (exact) mass is 1920 g/mol. The summed E-state index contributed by atoms with van der Waals surface area (Å²) in [6.07, 6.45) is 78.1. The van der Waals surface area contributed by atoms with Gasteiger partial charge >= 0.3 is 0 Å². The quantitative estimate of drug-likeness (QED) is 0.0277. The average Bonchev–Trinajstić information content (AvgIpc) is 1.59. The lowest BCUT2D eigenvalue weighted by atomic mass is 9.93. The normalized spacial score (nSPS) is 13.7. The van der Waals surface area contributed by atoms with Gasteiger partial charge in [0.1, 0.15) is 0 Å². The number of carbonyl (C=O) groups excluding carboxylic acids is 6. The molecule has 3 unspecified atom stereocenters. The van der Waals surface area contributed by atoms with Gasteiger partial charge in [-0.15, -0.1) is 56.7 Å². The van der Waals surface area contributed by atoms with E-state index in [1.165, 1.54) is 381 Å². The van der Waals surface area contributed by atoms with Crippen LogP contribution in [0.1, 0.15) is 520 Å². The molecule has 14 heteroatoms. The summed E-state index contributed by atoms with van der Waals surface area (Å²) in [5.41, 5.74) is 9.27. The summed E-state index contributed by atoms with van der Waals surface area (Å²) in [6.45, 7) is 27.6. The van der Waals surface area contributed by atoms with Crippen LogP contribution in [0.15, 0.2) is 84.9 Å². The van der Waals surface area contributed by atoms with Gasteiger partial charge in [0, 0.05) is 84.7 Å². The third-order valence-electron chi connectivity index (χ3n) is 29.1. The number of amides is 6. The number of hydrogen-bond acceptors (Lipinski definition) is 11. The van der Waals surface area contributed by atoms with Gasteiger partial charge in [-0.2, -0.15) is 0 Å². The maximum Gasteiger partial charge on any atom is 0.262 e. The van der Waals surface area contributed by atoms with Crippen molar-refractivity contribution in [3.8, 4) is 41.1 Å². The second-order valence-corrected chi connectivity index (χ2v) is 46.7. The molecule has 0 saturated carbocycles. The Hall–Kier alpha value is -6.16. The smallest absolute Gasteiger partial charge is 0.262 e. The predicted octanol–water partition coefficient (Wildman–Crippen LogP) is 39.2. The van der Waals surface area contributed by atoms with Gasteiger partial charge in [-0.05, 0) is 163 Å². The number of fused-ring (bicyclic) bond motifs is 4. The Bertz CT molecular complexity index is 4720. The van der Waals surface area contributed by atoms with Gasteiger partial charge in [0.15, 0.2) is 0 Å². The SMILES string of the molecule is CCCCCCCCCCCCC(CCCCCCCCCC)CN1C(=O)c2c(C)ccc(-c3cc4sc(C)cc4s3)c2C1=O.CCCCCCCCCCCCC(CCCCCCCCCC)CN1C(=O)c2c(C)ccc(-c3ccc(-c4ccc(C)s4)s3)c2C1=O.CCCCCCCCCCCCC(CCCCCCCCCC)CN1C(=O)c2c(C)ccc(-c3ccc(C)s3)c2C1=O. The summed E-state index contributed by atoms with van der Waals surface area (Å²) < 4.78 is 2.52.